The summed E-state index contributed by atoms with van der Waals surface area (Å²) in [7, 11) is 3.48. The number of benzene rings is 1. The maximum absolute atomic E-state index is 11.8. The minimum atomic E-state index is 0.169. The van der Waals surface area contributed by atoms with Crippen molar-refractivity contribution in [1.29, 1.82) is 0 Å². The van der Waals surface area contributed by atoms with Gasteiger partial charge in [0.25, 0.3) is 0 Å². The molecule has 0 radical (unpaired) electrons. The van der Waals surface area contributed by atoms with Crippen LogP contribution in [0.25, 0.3) is 0 Å². The van der Waals surface area contributed by atoms with Gasteiger partial charge in [-0.2, -0.15) is 0 Å². The van der Waals surface area contributed by atoms with Gasteiger partial charge < -0.3 is 19.9 Å². The predicted molar refractivity (Wildman–Crippen MR) is 75.7 cm³/mol. The van der Waals surface area contributed by atoms with Crippen LogP contribution in [0.15, 0.2) is 24.3 Å². The Morgan fingerprint density at radius 1 is 1.26 bits per heavy atom. The second-order valence-electron chi connectivity index (χ2n) is 4.57. The highest BCUT2D eigenvalue weighted by Gasteiger charge is 2.22. The van der Waals surface area contributed by atoms with E-state index in [0.29, 0.717) is 6.54 Å². The topological polar surface area (TPSA) is 44.8 Å². The number of carbonyl (C=O) groups is 1. The molecule has 1 aliphatic heterocycles. The van der Waals surface area contributed by atoms with Crippen molar-refractivity contribution in [2.45, 2.75) is 0 Å². The quantitative estimate of drug-likeness (QED) is 0.862. The summed E-state index contributed by atoms with van der Waals surface area (Å²) in [6, 6.07) is 8.00. The third-order valence-electron chi connectivity index (χ3n) is 3.39. The SMILES string of the molecule is CNCC(=O)N1CCN(c2ccccc2OC)CC1. The van der Waals surface area contributed by atoms with Crippen LogP contribution in [0.3, 0.4) is 0 Å². The summed E-state index contributed by atoms with van der Waals surface area (Å²) in [4.78, 5) is 16.0. The van der Waals surface area contributed by atoms with E-state index in [2.05, 4.69) is 16.3 Å². The van der Waals surface area contributed by atoms with E-state index < -0.39 is 0 Å². The van der Waals surface area contributed by atoms with E-state index in [1.165, 1.54) is 0 Å². The second-order valence-corrected chi connectivity index (χ2v) is 4.57. The number of rotatable bonds is 4. The van der Waals surface area contributed by atoms with Crippen LogP contribution >= 0.6 is 0 Å². The molecular weight excluding hydrogens is 242 g/mol. The molecule has 19 heavy (non-hydrogen) atoms. The lowest BCUT2D eigenvalue weighted by molar-refractivity contribution is -0.130. The highest BCUT2D eigenvalue weighted by atomic mass is 16.5. The van der Waals surface area contributed by atoms with Gasteiger partial charge in [0.05, 0.1) is 19.3 Å². The average Bonchev–Trinajstić information content (AvgIpc) is 2.47. The zero-order valence-electron chi connectivity index (χ0n) is 11.6. The van der Waals surface area contributed by atoms with Crippen molar-refractivity contribution in [3.05, 3.63) is 24.3 Å². The zero-order chi connectivity index (χ0) is 13.7. The highest BCUT2D eigenvalue weighted by molar-refractivity contribution is 5.78. The van der Waals surface area contributed by atoms with Crippen LogP contribution in [0.5, 0.6) is 5.75 Å². The molecule has 0 aromatic heterocycles. The number of anilines is 1. The third-order valence-corrected chi connectivity index (χ3v) is 3.39. The molecule has 1 N–H and O–H groups in total. The van der Waals surface area contributed by atoms with Gasteiger partial charge in [-0.3, -0.25) is 4.79 Å². The Morgan fingerprint density at radius 2 is 1.95 bits per heavy atom. The van der Waals surface area contributed by atoms with Gasteiger partial charge in [-0.05, 0) is 19.2 Å². The van der Waals surface area contributed by atoms with Gasteiger partial charge in [-0.1, -0.05) is 12.1 Å². The van der Waals surface area contributed by atoms with Gasteiger partial charge in [-0.15, -0.1) is 0 Å². The molecule has 2 rings (SSSR count). The molecule has 1 aliphatic rings. The van der Waals surface area contributed by atoms with Crippen molar-refractivity contribution in [1.82, 2.24) is 10.2 Å². The van der Waals surface area contributed by atoms with Crippen molar-refractivity contribution in [2.75, 3.05) is 51.8 Å². The Hall–Kier alpha value is -1.75. The Labute approximate surface area is 114 Å². The Kier molecular flexibility index (Phi) is 4.63. The number of likely N-dealkylation sites (N-methyl/N-ethyl adjacent to an activating group) is 1. The van der Waals surface area contributed by atoms with Crippen molar-refractivity contribution >= 4 is 11.6 Å². The van der Waals surface area contributed by atoms with Gasteiger partial charge in [0.1, 0.15) is 5.75 Å². The van der Waals surface area contributed by atoms with Gasteiger partial charge in [0.2, 0.25) is 5.91 Å². The summed E-state index contributed by atoms with van der Waals surface area (Å²) in [6.45, 7) is 3.62. The van der Waals surface area contributed by atoms with E-state index in [0.717, 1.165) is 37.6 Å². The van der Waals surface area contributed by atoms with Crippen molar-refractivity contribution in [3.63, 3.8) is 0 Å². The molecule has 5 heteroatoms. The minimum absolute atomic E-state index is 0.169. The molecule has 1 heterocycles. The van der Waals surface area contributed by atoms with Gasteiger partial charge in [-0.25, -0.2) is 0 Å². The van der Waals surface area contributed by atoms with E-state index in [1.54, 1.807) is 14.2 Å². The van der Waals surface area contributed by atoms with Gasteiger partial charge in [0.15, 0.2) is 0 Å². The molecule has 0 aliphatic carbocycles. The first kappa shape index (κ1) is 13.7. The number of para-hydroxylation sites is 2. The molecule has 1 aromatic carbocycles. The fourth-order valence-corrected chi connectivity index (χ4v) is 2.35. The summed E-state index contributed by atoms with van der Waals surface area (Å²) in [5, 5.41) is 2.90. The Morgan fingerprint density at radius 3 is 2.58 bits per heavy atom. The number of methoxy groups -OCH3 is 1. The van der Waals surface area contributed by atoms with E-state index in [9.17, 15) is 4.79 Å². The number of hydrogen-bond donors (Lipinski definition) is 1. The number of hydrogen-bond acceptors (Lipinski definition) is 4. The molecule has 104 valence electrons. The molecular formula is C14H21N3O2. The summed E-state index contributed by atoms with van der Waals surface area (Å²) < 4.78 is 5.38. The second kappa shape index (κ2) is 6.43. The predicted octanol–water partition coefficient (Wildman–Crippen LogP) is 0.563. The molecule has 0 unspecified atom stereocenters. The molecule has 1 amide bonds. The van der Waals surface area contributed by atoms with E-state index in [4.69, 9.17) is 4.74 Å². The highest BCUT2D eigenvalue weighted by Crippen LogP contribution is 2.28. The first-order valence-corrected chi connectivity index (χ1v) is 6.56. The van der Waals surface area contributed by atoms with Gasteiger partial charge in [0, 0.05) is 26.2 Å². The maximum Gasteiger partial charge on any atom is 0.236 e. The van der Waals surface area contributed by atoms with Crippen LogP contribution in [0.4, 0.5) is 5.69 Å². The van der Waals surface area contributed by atoms with Crippen molar-refractivity contribution in [2.24, 2.45) is 0 Å². The maximum atomic E-state index is 11.8. The standard InChI is InChI=1S/C14H21N3O2/c1-15-11-14(18)17-9-7-16(8-10-17)12-5-3-4-6-13(12)19-2/h3-6,15H,7-11H2,1-2H3. The zero-order valence-corrected chi connectivity index (χ0v) is 11.6. The van der Waals surface area contributed by atoms with Crippen LogP contribution in [0, 0.1) is 0 Å². The number of nitrogens with one attached hydrogen (secondary N) is 1. The number of ether oxygens (including phenoxy) is 1. The van der Waals surface area contributed by atoms with Crippen molar-refractivity contribution in [3.8, 4) is 5.75 Å². The lowest BCUT2D eigenvalue weighted by Crippen LogP contribution is -2.50. The fraction of sp³-hybridized carbons (Fsp3) is 0.500. The third kappa shape index (κ3) is 3.17. The molecule has 0 saturated carbocycles. The lowest BCUT2D eigenvalue weighted by Gasteiger charge is -2.36. The fourth-order valence-electron chi connectivity index (χ4n) is 2.35. The first-order chi connectivity index (χ1) is 9.26. The molecule has 0 spiro atoms. The first-order valence-electron chi connectivity index (χ1n) is 6.56. The average molecular weight is 263 g/mol. The van der Waals surface area contributed by atoms with Crippen LogP contribution in [0.1, 0.15) is 0 Å². The monoisotopic (exact) mass is 263 g/mol. The summed E-state index contributed by atoms with van der Waals surface area (Å²) in [6.07, 6.45) is 0. The van der Waals surface area contributed by atoms with Crippen LogP contribution in [-0.4, -0.2) is 57.7 Å². The van der Waals surface area contributed by atoms with Crippen LogP contribution in [-0.2, 0) is 4.79 Å². The Balaban J connectivity index is 1.98. The molecule has 0 atom stereocenters. The molecule has 1 aromatic rings. The summed E-state index contributed by atoms with van der Waals surface area (Å²) in [5.74, 6) is 1.06. The Bertz CT molecular complexity index is 428. The largest absolute Gasteiger partial charge is 0.495 e. The molecule has 0 bridgehead atoms. The lowest BCUT2D eigenvalue weighted by atomic mass is 10.2. The van der Waals surface area contributed by atoms with E-state index >= 15 is 0 Å². The van der Waals surface area contributed by atoms with Gasteiger partial charge >= 0.3 is 0 Å². The van der Waals surface area contributed by atoms with Crippen LogP contribution in [0.2, 0.25) is 0 Å². The molecule has 5 nitrogen and oxygen atoms in total. The number of carbonyl (C=O) groups excluding carboxylic acids is 1. The normalized spacial score (nSPS) is 15.5. The molecule has 1 saturated heterocycles. The molecule has 1 fully saturated rings. The number of piperazine rings is 1. The van der Waals surface area contributed by atoms with Crippen molar-refractivity contribution < 1.29 is 9.53 Å². The van der Waals surface area contributed by atoms with E-state index in [-0.39, 0.29) is 5.91 Å². The summed E-state index contributed by atoms with van der Waals surface area (Å²) in [5.41, 5.74) is 1.10. The summed E-state index contributed by atoms with van der Waals surface area (Å²) >= 11 is 0. The number of amides is 1. The van der Waals surface area contributed by atoms with E-state index in [1.807, 2.05) is 23.1 Å². The smallest absolute Gasteiger partial charge is 0.236 e. The number of nitrogens with zero attached hydrogens (tertiary/aromatic N) is 2. The van der Waals surface area contributed by atoms with Crippen LogP contribution < -0.4 is 15.0 Å². The minimum Gasteiger partial charge on any atom is -0.495 e.